The topological polar surface area (TPSA) is 68.3 Å². The predicted molar refractivity (Wildman–Crippen MR) is 129 cm³/mol. The lowest BCUT2D eigenvalue weighted by Gasteiger charge is -2.03. The van der Waals surface area contributed by atoms with Crippen molar-refractivity contribution in [3.63, 3.8) is 0 Å². The summed E-state index contributed by atoms with van der Waals surface area (Å²) >= 11 is 9.63. The van der Waals surface area contributed by atoms with E-state index >= 15 is 0 Å². The Balaban J connectivity index is 1.36. The monoisotopic (exact) mass is 506 g/mol. The molecule has 0 aliphatic carbocycles. The van der Waals surface area contributed by atoms with Crippen LogP contribution in [-0.4, -0.2) is 10.9 Å². The molecule has 0 aliphatic heterocycles. The van der Waals surface area contributed by atoms with Gasteiger partial charge in [0.1, 0.15) is 11.3 Å². The van der Waals surface area contributed by atoms with E-state index in [0.717, 1.165) is 21.2 Å². The molecule has 0 unspecified atom stereocenters. The van der Waals surface area contributed by atoms with Gasteiger partial charge in [-0.15, -0.1) is 0 Å². The van der Waals surface area contributed by atoms with Crippen molar-refractivity contribution in [1.29, 1.82) is 0 Å². The van der Waals surface area contributed by atoms with E-state index in [-0.39, 0.29) is 11.7 Å². The van der Waals surface area contributed by atoms with E-state index in [1.54, 1.807) is 30.3 Å². The van der Waals surface area contributed by atoms with Crippen LogP contribution in [0.4, 0.5) is 5.69 Å². The van der Waals surface area contributed by atoms with Gasteiger partial charge in [-0.3, -0.25) is 4.79 Å². The van der Waals surface area contributed by atoms with Crippen LogP contribution in [0.25, 0.3) is 33.9 Å². The summed E-state index contributed by atoms with van der Waals surface area (Å²) in [5, 5.41) is 3.50. The third-order valence-corrected chi connectivity index (χ3v) is 5.96. The van der Waals surface area contributed by atoms with Crippen molar-refractivity contribution >= 4 is 50.2 Å². The number of carbonyl (C=O) groups is 1. The number of hydrogen-bond acceptors (Lipinski definition) is 4. The number of rotatable bonds is 4. The lowest BCUT2D eigenvalue weighted by molar-refractivity contribution is 0.0997. The summed E-state index contributed by atoms with van der Waals surface area (Å²) < 4.78 is 12.6. The first kappa shape index (κ1) is 20.5. The Morgan fingerprint density at radius 1 is 0.938 bits per heavy atom. The molecule has 0 bridgehead atoms. The number of oxazole rings is 1. The Bertz CT molecular complexity index is 1450. The van der Waals surface area contributed by atoms with Crippen molar-refractivity contribution < 1.29 is 13.6 Å². The van der Waals surface area contributed by atoms with Gasteiger partial charge in [-0.2, -0.15) is 0 Å². The molecule has 32 heavy (non-hydrogen) atoms. The van der Waals surface area contributed by atoms with Crippen molar-refractivity contribution in [2.75, 3.05) is 5.32 Å². The summed E-state index contributed by atoms with van der Waals surface area (Å²) in [4.78, 5) is 17.2. The first-order valence-electron chi connectivity index (χ1n) is 9.80. The Labute approximate surface area is 197 Å². The molecule has 0 saturated heterocycles. The second kappa shape index (κ2) is 8.30. The lowest BCUT2D eigenvalue weighted by Crippen LogP contribution is -2.10. The summed E-state index contributed by atoms with van der Waals surface area (Å²) in [6.07, 6.45) is 0. The Morgan fingerprint density at radius 3 is 2.50 bits per heavy atom. The van der Waals surface area contributed by atoms with Crippen LogP contribution in [0, 0.1) is 6.92 Å². The zero-order valence-electron chi connectivity index (χ0n) is 16.9. The Hall–Kier alpha value is -3.35. The van der Waals surface area contributed by atoms with Crippen LogP contribution in [0.2, 0.25) is 5.02 Å². The largest absolute Gasteiger partial charge is 0.451 e. The van der Waals surface area contributed by atoms with E-state index in [4.69, 9.17) is 20.4 Å². The summed E-state index contributed by atoms with van der Waals surface area (Å²) in [6.45, 7) is 1.94. The van der Waals surface area contributed by atoms with Gasteiger partial charge in [0.15, 0.2) is 11.3 Å². The highest BCUT2D eigenvalue weighted by Gasteiger charge is 2.15. The molecule has 1 N–H and O–H groups in total. The van der Waals surface area contributed by atoms with Gasteiger partial charge >= 0.3 is 0 Å². The molecule has 5 nitrogen and oxygen atoms in total. The van der Waals surface area contributed by atoms with Gasteiger partial charge in [-0.25, -0.2) is 4.98 Å². The fraction of sp³-hybridized carbons (Fsp3) is 0.0400. The molecule has 1 amide bonds. The van der Waals surface area contributed by atoms with E-state index in [1.807, 2.05) is 49.4 Å². The number of benzene rings is 3. The number of hydrogen-bond donors (Lipinski definition) is 1. The summed E-state index contributed by atoms with van der Waals surface area (Å²) in [5.41, 5.74) is 4.50. The number of carbonyl (C=O) groups excluding carboxylic acids is 1. The Morgan fingerprint density at radius 2 is 1.72 bits per heavy atom. The first-order chi connectivity index (χ1) is 15.5. The molecule has 7 heteroatoms. The molecule has 3 aromatic carbocycles. The molecule has 0 fully saturated rings. The molecule has 0 saturated carbocycles. The highest BCUT2D eigenvalue weighted by molar-refractivity contribution is 9.10. The van der Waals surface area contributed by atoms with Gasteiger partial charge in [0.2, 0.25) is 5.89 Å². The predicted octanol–water partition coefficient (Wildman–Crippen LogP) is 7.73. The highest BCUT2D eigenvalue weighted by atomic mass is 79.9. The minimum Gasteiger partial charge on any atom is -0.451 e. The molecule has 5 aromatic rings. The summed E-state index contributed by atoms with van der Waals surface area (Å²) in [5.74, 6) is 0.964. The van der Waals surface area contributed by atoms with Crippen molar-refractivity contribution in [2.45, 2.75) is 6.92 Å². The van der Waals surface area contributed by atoms with Crippen LogP contribution in [0.5, 0.6) is 0 Å². The van der Waals surface area contributed by atoms with E-state index in [9.17, 15) is 4.79 Å². The molecule has 0 aliphatic rings. The number of aryl methyl sites for hydroxylation is 1. The Kier molecular flexibility index (Phi) is 5.33. The molecule has 2 aromatic heterocycles. The fourth-order valence-electron chi connectivity index (χ4n) is 3.28. The molecule has 0 radical (unpaired) electrons. The van der Waals surface area contributed by atoms with Crippen LogP contribution < -0.4 is 5.32 Å². The van der Waals surface area contributed by atoms with Crippen LogP contribution in [0.3, 0.4) is 0 Å². The van der Waals surface area contributed by atoms with Crippen LogP contribution in [0.1, 0.15) is 16.1 Å². The van der Waals surface area contributed by atoms with Crippen molar-refractivity contribution in [1.82, 2.24) is 4.98 Å². The van der Waals surface area contributed by atoms with E-state index in [1.165, 1.54) is 0 Å². The zero-order valence-corrected chi connectivity index (χ0v) is 19.2. The molecule has 5 rings (SSSR count). The third kappa shape index (κ3) is 4.07. The van der Waals surface area contributed by atoms with Crippen molar-refractivity contribution in [3.05, 3.63) is 93.6 Å². The van der Waals surface area contributed by atoms with Crippen LogP contribution >= 0.6 is 27.5 Å². The number of anilines is 1. The van der Waals surface area contributed by atoms with Gasteiger partial charge in [0.25, 0.3) is 5.91 Å². The second-order valence-corrected chi connectivity index (χ2v) is 8.61. The summed E-state index contributed by atoms with van der Waals surface area (Å²) in [7, 11) is 0. The number of amides is 1. The SMILES string of the molecule is Cc1ccc(-c2nc3cc(NC(=O)c4ccc(-c5ccc(Br)cc5)o4)ccc3o2)cc1Cl. The third-order valence-electron chi connectivity index (χ3n) is 5.02. The molecular weight excluding hydrogens is 492 g/mol. The fourth-order valence-corrected chi connectivity index (χ4v) is 3.72. The lowest BCUT2D eigenvalue weighted by atomic mass is 10.1. The van der Waals surface area contributed by atoms with Gasteiger partial charge in [0, 0.05) is 26.3 Å². The molecule has 0 spiro atoms. The molecule has 158 valence electrons. The standard InChI is InChI=1S/C25H16BrClN2O3/c1-14-2-3-16(12-19(14)27)25-29-20-13-18(8-9-22(20)32-25)28-24(30)23-11-10-21(31-23)15-4-6-17(26)7-5-15/h2-13H,1H3,(H,28,30). The minimum atomic E-state index is -0.346. The van der Waals surface area contributed by atoms with Crippen LogP contribution in [0.15, 0.2) is 86.1 Å². The summed E-state index contributed by atoms with van der Waals surface area (Å²) in [6, 6.07) is 22.1. The number of furan rings is 1. The quantitative estimate of drug-likeness (QED) is 0.270. The maximum absolute atomic E-state index is 12.7. The van der Waals surface area contributed by atoms with Gasteiger partial charge < -0.3 is 14.2 Å². The number of halogens is 2. The number of nitrogens with zero attached hydrogens (tertiary/aromatic N) is 1. The average molecular weight is 508 g/mol. The average Bonchev–Trinajstić information content (AvgIpc) is 3.43. The maximum atomic E-state index is 12.7. The number of aromatic nitrogens is 1. The van der Waals surface area contributed by atoms with Gasteiger partial charge in [-0.1, -0.05) is 45.7 Å². The zero-order chi connectivity index (χ0) is 22.2. The van der Waals surface area contributed by atoms with E-state index < -0.39 is 0 Å². The maximum Gasteiger partial charge on any atom is 0.291 e. The number of fused-ring (bicyclic) bond motifs is 1. The van der Waals surface area contributed by atoms with Gasteiger partial charge in [-0.05, 0) is 67.1 Å². The van der Waals surface area contributed by atoms with Crippen molar-refractivity contribution in [3.8, 4) is 22.8 Å². The van der Waals surface area contributed by atoms with Crippen LogP contribution in [-0.2, 0) is 0 Å². The molecule has 2 heterocycles. The minimum absolute atomic E-state index is 0.221. The van der Waals surface area contributed by atoms with Crippen molar-refractivity contribution in [2.24, 2.45) is 0 Å². The highest BCUT2D eigenvalue weighted by Crippen LogP contribution is 2.29. The first-order valence-corrected chi connectivity index (χ1v) is 11.0. The van der Waals surface area contributed by atoms with Gasteiger partial charge in [0.05, 0.1) is 0 Å². The molecular formula is C25H16BrClN2O3. The van der Waals surface area contributed by atoms with E-state index in [0.29, 0.717) is 33.5 Å². The smallest absolute Gasteiger partial charge is 0.291 e. The molecule has 0 atom stereocenters. The normalized spacial score (nSPS) is 11.1. The van der Waals surface area contributed by atoms with E-state index in [2.05, 4.69) is 26.2 Å². The number of nitrogens with one attached hydrogen (secondary N) is 1. The second-order valence-electron chi connectivity index (χ2n) is 7.29.